The van der Waals surface area contributed by atoms with Crippen molar-refractivity contribution < 1.29 is 79.5 Å². The molecule has 2 saturated heterocycles. The SMILES string of the molecule is COC(=O)[C@]12CCC(C)(C)C[C@@H]1C1=CC[C@@H]3[C@]4(C)C[C@H](O)[C@@H](O[C@@H]5O[C@H](CO)[C@@H](O)[C@H](O[C@@H]6O[C@H](CO)[C@@H](O)[C@H](O)[C@H]6O)[C@H]5O)[C@@](C)(CO)[C@H]4CC[C@@]3(C)[C@]1(C)C[C@H]2O. The first-order valence-electron chi connectivity index (χ1n) is 21.5. The summed E-state index contributed by atoms with van der Waals surface area (Å²) >= 11 is 0. The molecule has 0 spiro atoms. The summed E-state index contributed by atoms with van der Waals surface area (Å²) in [6, 6.07) is 0. The molecule has 5 aliphatic carbocycles. The molecule has 16 nitrogen and oxygen atoms in total. The smallest absolute Gasteiger partial charge is 0.315 e. The molecule has 4 saturated carbocycles. The Kier molecular flexibility index (Phi) is 12.2. The Morgan fingerprint density at radius 1 is 0.746 bits per heavy atom. The van der Waals surface area contributed by atoms with Crippen LogP contribution in [0.15, 0.2) is 11.6 Å². The van der Waals surface area contributed by atoms with Crippen molar-refractivity contribution in [1.82, 2.24) is 0 Å². The summed E-state index contributed by atoms with van der Waals surface area (Å²) in [5, 5.41) is 110. The molecule has 21 atom stereocenters. The Morgan fingerprint density at radius 3 is 1.98 bits per heavy atom. The van der Waals surface area contributed by atoms with Gasteiger partial charge in [0, 0.05) is 5.41 Å². The third kappa shape index (κ3) is 6.64. The number of methoxy groups -OCH3 is 1. The van der Waals surface area contributed by atoms with Gasteiger partial charge in [-0.1, -0.05) is 53.2 Å². The number of carbonyl (C=O) groups excluding carboxylic acids is 1. The molecule has 7 rings (SSSR count). The van der Waals surface area contributed by atoms with Crippen LogP contribution >= 0.6 is 0 Å². The van der Waals surface area contributed by atoms with Crippen LogP contribution in [-0.2, 0) is 28.5 Å². The monoisotopic (exact) mass is 842 g/mol. The molecule has 7 aliphatic rings. The van der Waals surface area contributed by atoms with Crippen molar-refractivity contribution in [3.05, 3.63) is 11.6 Å². The Morgan fingerprint density at radius 2 is 1.37 bits per heavy atom. The molecule has 0 amide bonds. The second kappa shape index (κ2) is 15.7. The van der Waals surface area contributed by atoms with E-state index in [4.69, 9.17) is 23.7 Å². The quantitative estimate of drug-likeness (QED) is 0.0868. The molecule has 6 fully saturated rings. The van der Waals surface area contributed by atoms with E-state index in [1.807, 2.05) is 6.92 Å². The minimum absolute atomic E-state index is 0.000145. The summed E-state index contributed by atoms with van der Waals surface area (Å²) in [4.78, 5) is 13.7. The van der Waals surface area contributed by atoms with Crippen molar-refractivity contribution in [2.75, 3.05) is 26.9 Å². The molecule has 0 aromatic heterocycles. The van der Waals surface area contributed by atoms with Gasteiger partial charge < -0.3 is 74.7 Å². The maximum atomic E-state index is 13.7. The summed E-state index contributed by atoms with van der Waals surface area (Å²) in [5.41, 5.74) is -2.33. The van der Waals surface area contributed by atoms with Crippen LogP contribution in [0.3, 0.4) is 0 Å². The highest BCUT2D eigenvalue weighted by molar-refractivity contribution is 5.79. The van der Waals surface area contributed by atoms with E-state index in [2.05, 4.69) is 40.7 Å². The normalized spacial score (nSPS) is 54.5. The van der Waals surface area contributed by atoms with Gasteiger partial charge in [-0.05, 0) is 90.8 Å². The van der Waals surface area contributed by atoms with Crippen molar-refractivity contribution in [3.63, 3.8) is 0 Å². The lowest BCUT2D eigenvalue weighted by Gasteiger charge is -2.72. The first-order valence-corrected chi connectivity index (χ1v) is 21.5. The average Bonchev–Trinajstić information content (AvgIpc) is 3.18. The lowest BCUT2D eigenvalue weighted by atomic mass is 9.33. The fourth-order valence-corrected chi connectivity index (χ4v) is 14.1. The highest BCUT2D eigenvalue weighted by atomic mass is 16.7. The minimum atomic E-state index is -1.84. The van der Waals surface area contributed by atoms with Crippen LogP contribution < -0.4 is 0 Å². The Labute approximate surface area is 346 Å². The lowest BCUT2D eigenvalue weighted by Crippen LogP contribution is -2.70. The second-order valence-corrected chi connectivity index (χ2v) is 21.0. The number of carbonyl (C=O) groups is 1. The highest BCUT2D eigenvalue weighted by Gasteiger charge is 2.73. The van der Waals surface area contributed by atoms with Crippen LogP contribution in [0.2, 0.25) is 0 Å². The van der Waals surface area contributed by atoms with E-state index in [-0.39, 0.29) is 41.0 Å². The molecule has 0 radical (unpaired) electrons. The zero-order valence-electron chi connectivity index (χ0n) is 35.5. The molecule has 16 heteroatoms. The molecular formula is C43H70O16. The van der Waals surface area contributed by atoms with Crippen molar-refractivity contribution in [2.24, 2.45) is 50.2 Å². The largest absolute Gasteiger partial charge is 0.468 e. The highest BCUT2D eigenvalue weighted by Crippen LogP contribution is 2.76. The molecular weight excluding hydrogens is 772 g/mol. The average molecular weight is 843 g/mol. The molecule has 0 aromatic rings. The van der Waals surface area contributed by atoms with Gasteiger partial charge in [-0.2, -0.15) is 0 Å². The third-order valence-corrected chi connectivity index (χ3v) is 17.5. The zero-order chi connectivity index (χ0) is 43.4. The van der Waals surface area contributed by atoms with E-state index in [0.717, 1.165) is 19.3 Å². The molecule has 338 valence electrons. The van der Waals surface area contributed by atoms with Gasteiger partial charge in [0.1, 0.15) is 54.2 Å². The summed E-state index contributed by atoms with van der Waals surface area (Å²) in [6.07, 6.45) is -12.6. The molecule has 0 unspecified atom stereocenters. The Bertz CT molecular complexity index is 1590. The molecule has 0 aromatic carbocycles. The predicted octanol–water partition coefficient (Wildman–Crippen LogP) is -0.116. The van der Waals surface area contributed by atoms with Gasteiger partial charge in [0.05, 0.1) is 45.2 Å². The summed E-state index contributed by atoms with van der Waals surface area (Å²) in [6.45, 7) is 11.1. The van der Waals surface area contributed by atoms with E-state index in [1.54, 1.807) is 0 Å². The number of hydrogen-bond acceptors (Lipinski definition) is 16. The molecule has 59 heavy (non-hydrogen) atoms. The van der Waals surface area contributed by atoms with Gasteiger partial charge in [-0.3, -0.25) is 4.79 Å². The van der Waals surface area contributed by atoms with Gasteiger partial charge in [-0.25, -0.2) is 0 Å². The number of ether oxygens (including phenoxy) is 5. The first-order chi connectivity index (χ1) is 27.5. The number of esters is 1. The fourth-order valence-electron chi connectivity index (χ4n) is 14.1. The number of rotatable bonds is 8. The minimum Gasteiger partial charge on any atom is -0.468 e. The zero-order valence-corrected chi connectivity index (χ0v) is 35.5. The molecule has 10 N–H and O–H groups in total. The fraction of sp³-hybridized carbons (Fsp3) is 0.930. The maximum absolute atomic E-state index is 13.7. The van der Waals surface area contributed by atoms with Crippen LogP contribution in [0, 0.1) is 50.2 Å². The van der Waals surface area contributed by atoms with Gasteiger partial charge in [0.15, 0.2) is 12.6 Å². The first kappa shape index (κ1) is 45.7. The van der Waals surface area contributed by atoms with Crippen molar-refractivity contribution >= 4 is 5.97 Å². The lowest BCUT2D eigenvalue weighted by molar-refractivity contribution is -0.375. The van der Waals surface area contributed by atoms with Crippen LogP contribution in [0.5, 0.6) is 0 Å². The van der Waals surface area contributed by atoms with E-state index in [1.165, 1.54) is 12.7 Å². The van der Waals surface area contributed by atoms with E-state index in [0.29, 0.717) is 25.7 Å². The number of aliphatic hydroxyl groups is 10. The standard InChI is InChI=1S/C43H70O16/c1-38(2)12-13-43(37(54)55-7)21(14-38)20-8-9-26-39(3)15-22(47)34(40(4,19-46)25(39)10-11-41(26,5)42(20,6)16-27(43)48)59-36-32(53)33(29(50)24(18-45)57-36)58-35-31(52)30(51)28(49)23(17-44)56-35/h8,21-36,44-53H,9-19H2,1-7H3/t21-,22+,23-,24-,25+,26-,27-,28-,29-,30+,31-,32-,33+,34-,35+,36+,39-,40+,41-,42-,43-/m1/s1. The van der Waals surface area contributed by atoms with Crippen molar-refractivity contribution in [2.45, 2.75) is 173 Å². The number of hydrogen-bond donors (Lipinski definition) is 10. The maximum Gasteiger partial charge on any atom is 0.315 e. The molecule has 2 heterocycles. The Balaban J connectivity index is 1.17. The van der Waals surface area contributed by atoms with E-state index >= 15 is 0 Å². The van der Waals surface area contributed by atoms with Gasteiger partial charge >= 0.3 is 5.97 Å². The van der Waals surface area contributed by atoms with Gasteiger partial charge in [0.25, 0.3) is 0 Å². The number of allylic oxidation sites excluding steroid dienone is 2. The van der Waals surface area contributed by atoms with Crippen LogP contribution in [0.4, 0.5) is 0 Å². The third-order valence-electron chi connectivity index (χ3n) is 17.5. The Hall–Kier alpha value is -1.35. The predicted molar refractivity (Wildman–Crippen MR) is 207 cm³/mol. The van der Waals surface area contributed by atoms with E-state index in [9.17, 15) is 55.9 Å². The van der Waals surface area contributed by atoms with E-state index < -0.39 is 121 Å². The van der Waals surface area contributed by atoms with Gasteiger partial charge in [-0.15, -0.1) is 0 Å². The van der Waals surface area contributed by atoms with Crippen LogP contribution in [-0.4, -0.2) is 164 Å². The van der Waals surface area contributed by atoms with Gasteiger partial charge in [0.2, 0.25) is 0 Å². The molecule has 0 bridgehead atoms. The van der Waals surface area contributed by atoms with Crippen LogP contribution in [0.1, 0.15) is 92.9 Å². The summed E-state index contributed by atoms with van der Waals surface area (Å²) < 4.78 is 29.0. The van der Waals surface area contributed by atoms with Crippen molar-refractivity contribution in [3.8, 4) is 0 Å². The number of aliphatic hydroxyl groups excluding tert-OH is 10. The topological polar surface area (TPSA) is 266 Å². The molecule has 2 aliphatic heterocycles. The van der Waals surface area contributed by atoms with Crippen LogP contribution in [0.25, 0.3) is 0 Å². The number of fused-ring (bicyclic) bond motifs is 7. The summed E-state index contributed by atoms with van der Waals surface area (Å²) in [5.74, 6) is -0.748. The second-order valence-electron chi connectivity index (χ2n) is 21.0. The summed E-state index contributed by atoms with van der Waals surface area (Å²) in [7, 11) is 1.40. The van der Waals surface area contributed by atoms with Crippen molar-refractivity contribution in [1.29, 1.82) is 0 Å².